The van der Waals surface area contributed by atoms with Crippen LogP contribution in [0.5, 0.6) is 0 Å². The van der Waals surface area contributed by atoms with Crippen LogP contribution in [0.3, 0.4) is 0 Å². The van der Waals surface area contributed by atoms with Crippen LogP contribution in [0, 0.1) is 6.92 Å². The minimum atomic E-state index is -0.222. The molecule has 2 aromatic rings. The van der Waals surface area contributed by atoms with Crippen LogP contribution < -0.4 is 5.43 Å². The summed E-state index contributed by atoms with van der Waals surface area (Å²) in [5, 5.41) is 8.22. The summed E-state index contributed by atoms with van der Waals surface area (Å²) in [6.07, 6.45) is 5.18. The number of nitrogens with zero attached hydrogens (tertiary/aromatic N) is 3. The molecule has 0 aliphatic heterocycles. The van der Waals surface area contributed by atoms with Gasteiger partial charge in [-0.2, -0.15) is 10.2 Å². The molecule has 1 heterocycles. The Kier molecular flexibility index (Phi) is 5.25. The van der Waals surface area contributed by atoms with Crippen molar-refractivity contribution in [2.45, 2.75) is 27.3 Å². The lowest BCUT2D eigenvalue weighted by Gasteiger charge is -2.01. The van der Waals surface area contributed by atoms with E-state index in [0.29, 0.717) is 5.57 Å². The van der Waals surface area contributed by atoms with Crippen molar-refractivity contribution in [1.82, 2.24) is 15.2 Å². The van der Waals surface area contributed by atoms with Gasteiger partial charge in [-0.25, -0.2) is 5.43 Å². The van der Waals surface area contributed by atoms with Gasteiger partial charge < -0.3 is 0 Å². The first-order chi connectivity index (χ1) is 10.6. The van der Waals surface area contributed by atoms with Crippen molar-refractivity contribution < 1.29 is 4.79 Å². The van der Waals surface area contributed by atoms with Crippen LogP contribution in [-0.2, 0) is 11.3 Å². The van der Waals surface area contributed by atoms with E-state index in [0.717, 1.165) is 23.4 Å². The van der Waals surface area contributed by atoms with Gasteiger partial charge in [0.2, 0.25) is 0 Å². The fourth-order valence-corrected chi connectivity index (χ4v) is 2.02. The molecule has 0 radical (unpaired) electrons. The summed E-state index contributed by atoms with van der Waals surface area (Å²) < 4.78 is 1.88. The van der Waals surface area contributed by atoms with Gasteiger partial charge in [0.25, 0.3) is 5.91 Å². The summed E-state index contributed by atoms with van der Waals surface area (Å²) in [4.78, 5) is 12.0. The number of hydrazone groups is 1. The zero-order chi connectivity index (χ0) is 15.9. The van der Waals surface area contributed by atoms with Crippen molar-refractivity contribution in [3.8, 4) is 0 Å². The molecule has 1 aromatic carbocycles. The minimum absolute atomic E-state index is 0.222. The van der Waals surface area contributed by atoms with Crippen LogP contribution in [0.2, 0.25) is 0 Å². The zero-order valence-electron chi connectivity index (χ0n) is 13.1. The largest absolute Gasteiger partial charge is 0.269 e. The summed E-state index contributed by atoms with van der Waals surface area (Å²) in [6, 6.07) is 9.70. The number of rotatable bonds is 5. The molecule has 0 aliphatic rings. The van der Waals surface area contributed by atoms with Gasteiger partial charge in [-0.05, 0) is 32.4 Å². The van der Waals surface area contributed by atoms with E-state index < -0.39 is 0 Å². The molecule has 0 aliphatic carbocycles. The normalized spacial score (nSPS) is 11.9. The molecule has 1 amide bonds. The Morgan fingerprint density at radius 1 is 1.36 bits per heavy atom. The van der Waals surface area contributed by atoms with Gasteiger partial charge in [0, 0.05) is 23.4 Å². The summed E-state index contributed by atoms with van der Waals surface area (Å²) in [7, 11) is 0. The van der Waals surface area contributed by atoms with E-state index >= 15 is 0 Å². The van der Waals surface area contributed by atoms with E-state index in [-0.39, 0.29) is 5.91 Å². The van der Waals surface area contributed by atoms with E-state index in [2.05, 4.69) is 15.6 Å². The van der Waals surface area contributed by atoms with E-state index in [1.807, 2.05) is 54.9 Å². The number of carbonyl (C=O) groups is 1. The molecule has 5 nitrogen and oxygen atoms in total. The topological polar surface area (TPSA) is 59.3 Å². The third kappa shape index (κ3) is 3.91. The molecule has 114 valence electrons. The number of benzene rings is 1. The maximum absolute atomic E-state index is 12.0. The van der Waals surface area contributed by atoms with Gasteiger partial charge in [0.15, 0.2) is 0 Å². The molecule has 0 fully saturated rings. The van der Waals surface area contributed by atoms with Crippen molar-refractivity contribution in [2.24, 2.45) is 5.10 Å². The van der Waals surface area contributed by atoms with Gasteiger partial charge in [0.1, 0.15) is 0 Å². The summed E-state index contributed by atoms with van der Waals surface area (Å²) in [6.45, 7) is 6.57. The minimum Gasteiger partial charge on any atom is -0.269 e. The van der Waals surface area contributed by atoms with Crippen LogP contribution >= 0.6 is 0 Å². The van der Waals surface area contributed by atoms with Crippen LogP contribution in [0.25, 0.3) is 6.08 Å². The second-order valence-electron chi connectivity index (χ2n) is 4.94. The zero-order valence-corrected chi connectivity index (χ0v) is 13.1. The molecular weight excluding hydrogens is 276 g/mol. The monoisotopic (exact) mass is 296 g/mol. The Morgan fingerprint density at radius 3 is 2.73 bits per heavy atom. The highest BCUT2D eigenvalue weighted by atomic mass is 16.2. The van der Waals surface area contributed by atoms with Crippen molar-refractivity contribution in [1.29, 1.82) is 0 Å². The summed E-state index contributed by atoms with van der Waals surface area (Å²) in [5.41, 5.74) is 6.04. The molecule has 0 spiro atoms. The second-order valence-corrected chi connectivity index (χ2v) is 4.94. The SMILES string of the molecule is CCn1ncc(/C=N\NC(=O)/C(C)=C\c2ccccc2)c1C. The van der Waals surface area contributed by atoms with E-state index in [1.54, 1.807) is 19.3 Å². The highest BCUT2D eigenvalue weighted by molar-refractivity contribution is 5.97. The van der Waals surface area contributed by atoms with Crippen LogP contribution in [0.1, 0.15) is 30.7 Å². The first-order valence-electron chi connectivity index (χ1n) is 7.21. The molecule has 2 rings (SSSR count). The van der Waals surface area contributed by atoms with E-state index in [1.165, 1.54) is 0 Å². The Morgan fingerprint density at radius 2 is 2.09 bits per heavy atom. The van der Waals surface area contributed by atoms with Gasteiger partial charge in [-0.3, -0.25) is 9.48 Å². The van der Waals surface area contributed by atoms with Gasteiger partial charge >= 0.3 is 0 Å². The average molecular weight is 296 g/mol. The van der Waals surface area contributed by atoms with E-state index in [9.17, 15) is 4.79 Å². The van der Waals surface area contributed by atoms with Crippen molar-refractivity contribution in [3.05, 3.63) is 58.9 Å². The third-order valence-electron chi connectivity index (χ3n) is 3.35. The Balaban J connectivity index is 1.98. The second kappa shape index (κ2) is 7.36. The summed E-state index contributed by atoms with van der Waals surface area (Å²) in [5.74, 6) is -0.222. The summed E-state index contributed by atoms with van der Waals surface area (Å²) >= 11 is 0. The molecule has 1 N–H and O–H groups in total. The number of amides is 1. The Hall–Kier alpha value is -2.69. The molecular formula is C17H20N4O. The highest BCUT2D eigenvalue weighted by Crippen LogP contribution is 2.06. The standard InChI is InChI=1S/C17H20N4O/c1-4-21-14(3)16(12-19-21)11-18-20-17(22)13(2)10-15-8-6-5-7-9-15/h5-12H,4H2,1-3H3,(H,20,22)/b13-10-,18-11-. The number of hydrogen-bond donors (Lipinski definition) is 1. The van der Waals surface area contributed by atoms with Gasteiger partial charge in [-0.1, -0.05) is 30.3 Å². The first kappa shape index (κ1) is 15.7. The average Bonchev–Trinajstić information content (AvgIpc) is 2.88. The number of nitrogens with one attached hydrogen (secondary N) is 1. The smallest absolute Gasteiger partial charge is 0.267 e. The number of carbonyl (C=O) groups excluding carboxylic acids is 1. The van der Waals surface area contributed by atoms with Crippen molar-refractivity contribution in [2.75, 3.05) is 0 Å². The highest BCUT2D eigenvalue weighted by Gasteiger charge is 2.04. The lowest BCUT2D eigenvalue weighted by Crippen LogP contribution is -2.18. The van der Waals surface area contributed by atoms with E-state index in [4.69, 9.17) is 0 Å². The molecule has 0 unspecified atom stereocenters. The maximum atomic E-state index is 12.0. The van der Waals surface area contributed by atoms with Gasteiger partial charge in [0.05, 0.1) is 12.4 Å². The lowest BCUT2D eigenvalue weighted by atomic mass is 10.1. The van der Waals surface area contributed by atoms with Crippen molar-refractivity contribution in [3.63, 3.8) is 0 Å². The van der Waals surface area contributed by atoms with Crippen LogP contribution in [0.15, 0.2) is 47.2 Å². The molecule has 0 saturated carbocycles. The maximum Gasteiger partial charge on any atom is 0.267 e. The molecule has 5 heteroatoms. The Bertz CT molecular complexity index is 699. The lowest BCUT2D eigenvalue weighted by molar-refractivity contribution is -0.117. The quantitative estimate of drug-likeness (QED) is 0.524. The molecule has 0 atom stereocenters. The molecule has 22 heavy (non-hydrogen) atoms. The van der Waals surface area contributed by atoms with Crippen molar-refractivity contribution >= 4 is 18.2 Å². The third-order valence-corrected chi connectivity index (χ3v) is 3.35. The molecule has 0 saturated heterocycles. The van der Waals surface area contributed by atoms with Crippen LogP contribution in [-0.4, -0.2) is 21.9 Å². The predicted octanol–water partition coefficient (Wildman–Crippen LogP) is 2.77. The first-order valence-corrected chi connectivity index (χ1v) is 7.21. The number of aryl methyl sites for hydroxylation is 1. The predicted molar refractivity (Wildman–Crippen MR) is 88.5 cm³/mol. The number of hydrogen-bond acceptors (Lipinski definition) is 3. The van der Waals surface area contributed by atoms with Gasteiger partial charge in [-0.15, -0.1) is 0 Å². The molecule has 1 aromatic heterocycles. The Labute approximate surface area is 130 Å². The fraction of sp³-hybridized carbons (Fsp3) is 0.235. The number of aromatic nitrogens is 2. The molecule has 0 bridgehead atoms. The van der Waals surface area contributed by atoms with Crippen LogP contribution in [0.4, 0.5) is 0 Å². The fourth-order valence-electron chi connectivity index (χ4n) is 2.02.